The van der Waals surface area contributed by atoms with Crippen LogP contribution in [0.25, 0.3) is 0 Å². The fourth-order valence-corrected chi connectivity index (χ4v) is 6.12. The minimum absolute atomic E-state index is 0.0606. The Morgan fingerprint density at radius 1 is 1.10 bits per heavy atom. The fraction of sp³-hybridized carbons (Fsp3) is 0.348. The van der Waals surface area contributed by atoms with Crippen LogP contribution in [0.4, 0.5) is 10.5 Å². The van der Waals surface area contributed by atoms with Gasteiger partial charge < -0.3 is 0 Å². The van der Waals surface area contributed by atoms with E-state index in [4.69, 9.17) is 0 Å². The number of carbonyl (C=O) groups is 1. The molecule has 2 heterocycles. The Morgan fingerprint density at radius 3 is 2.48 bits per heavy atom. The second-order valence-electron chi connectivity index (χ2n) is 8.33. The number of benzene rings is 2. The molecule has 2 aromatic carbocycles. The van der Waals surface area contributed by atoms with Crippen molar-refractivity contribution in [3.8, 4) is 0 Å². The van der Waals surface area contributed by atoms with Crippen LogP contribution in [-0.2, 0) is 11.2 Å². The predicted molar refractivity (Wildman–Crippen MR) is 122 cm³/mol. The van der Waals surface area contributed by atoms with E-state index in [0.717, 1.165) is 22.9 Å². The molecule has 0 saturated carbocycles. The molecule has 6 heteroatoms. The van der Waals surface area contributed by atoms with E-state index in [0.29, 0.717) is 5.75 Å². The summed E-state index contributed by atoms with van der Waals surface area (Å²) in [5, 5.41) is 0.948. The number of para-hydroxylation sites is 1. The van der Waals surface area contributed by atoms with Crippen LogP contribution in [0.3, 0.4) is 0 Å². The first kappa shape index (κ1) is 20.1. The molecule has 150 valence electrons. The Kier molecular flexibility index (Phi) is 5.25. The molecule has 0 N–H and O–H groups in total. The quantitative estimate of drug-likeness (QED) is 0.503. The van der Waals surface area contributed by atoms with Crippen molar-refractivity contribution in [2.75, 3.05) is 4.90 Å². The smallest absolute Gasteiger partial charge is 0.286 e. The number of fused-ring (bicyclic) bond motifs is 1. The molecular weight excluding hydrogens is 398 g/mol. The van der Waals surface area contributed by atoms with E-state index in [1.54, 1.807) is 0 Å². The maximum Gasteiger partial charge on any atom is 0.286 e. The van der Waals surface area contributed by atoms with Gasteiger partial charge in [-0.3, -0.25) is 9.69 Å². The highest BCUT2D eigenvalue weighted by Gasteiger charge is 2.47. The summed E-state index contributed by atoms with van der Waals surface area (Å²) in [5.74, 6) is 1.31. The van der Waals surface area contributed by atoms with E-state index in [-0.39, 0.29) is 16.2 Å². The molecule has 0 aliphatic carbocycles. The standard InChI is InChI=1S/C23H25N3OS2/c1-16-24-20(29-25-16)14-28-21(27)26-19-13-9-8-12-18(19)23(4,15-22(26,2)3)17-10-6-5-7-11-17/h5-13H,14-15H2,1-4H3. The molecule has 1 aliphatic rings. The van der Waals surface area contributed by atoms with Crippen molar-refractivity contribution in [2.24, 2.45) is 0 Å². The van der Waals surface area contributed by atoms with Crippen LogP contribution in [0, 0.1) is 6.92 Å². The minimum atomic E-state index is -0.319. The lowest BCUT2D eigenvalue weighted by Gasteiger charge is -2.51. The van der Waals surface area contributed by atoms with E-state index in [1.165, 1.54) is 34.4 Å². The van der Waals surface area contributed by atoms with Gasteiger partial charge in [-0.15, -0.1) is 0 Å². The largest absolute Gasteiger partial charge is 0.297 e. The number of carbonyl (C=O) groups excluding carboxylic acids is 1. The second kappa shape index (κ2) is 7.58. The Hall–Kier alpha value is -2.18. The molecule has 1 amide bonds. The van der Waals surface area contributed by atoms with Crippen LogP contribution in [0.5, 0.6) is 0 Å². The molecule has 0 bridgehead atoms. The van der Waals surface area contributed by atoms with Crippen molar-refractivity contribution < 1.29 is 4.79 Å². The lowest BCUT2D eigenvalue weighted by atomic mass is 9.65. The minimum Gasteiger partial charge on any atom is -0.297 e. The average molecular weight is 424 g/mol. The van der Waals surface area contributed by atoms with Gasteiger partial charge in [-0.05, 0) is 55.9 Å². The van der Waals surface area contributed by atoms with Gasteiger partial charge in [0.15, 0.2) is 0 Å². The molecule has 29 heavy (non-hydrogen) atoms. The monoisotopic (exact) mass is 423 g/mol. The highest BCUT2D eigenvalue weighted by molar-refractivity contribution is 8.13. The zero-order valence-corrected chi connectivity index (χ0v) is 18.8. The zero-order chi connectivity index (χ0) is 20.6. The van der Waals surface area contributed by atoms with Gasteiger partial charge in [-0.25, -0.2) is 4.98 Å². The first-order chi connectivity index (χ1) is 13.8. The Balaban J connectivity index is 1.71. The average Bonchev–Trinajstić information content (AvgIpc) is 3.11. The third-order valence-corrected chi connectivity index (χ3v) is 7.45. The molecule has 0 fully saturated rings. The van der Waals surface area contributed by atoms with Crippen molar-refractivity contribution in [3.63, 3.8) is 0 Å². The number of anilines is 1. The molecule has 1 aliphatic heterocycles. The van der Waals surface area contributed by atoms with Crippen molar-refractivity contribution in [3.05, 3.63) is 76.6 Å². The number of nitrogens with zero attached hydrogens (tertiary/aromatic N) is 3. The van der Waals surface area contributed by atoms with Crippen LogP contribution in [0.15, 0.2) is 54.6 Å². The van der Waals surface area contributed by atoms with Crippen LogP contribution < -0.4 is 4.90 Å². The summed E-state index contributed by atoms with van der Waals surface area (Å²) >= 11 is 2.67. The normalized spacial score (nSPS) is 20.3. The zero-order valence-electron chi connectivity index (χ0n) is 17.2. The van der Waals surface area contributed by atoms with Crippen molar-refractivity contribution in [1.82, 2.24) is 9.36 Å². The van der Waals surface area contributed by atoms with Gasteiger partial charge in [-0.2, -0.15) is 4.37 Å². The lowest BCUT2D eigenvalue weighted by molar-refractivity contribution is 0.251. The molecule has 0 spiro atoms. The molecular formula is C23H25N3OS2. The van der Waals surface area contributed by atoms with Crippen LogP contribution in [-0.4, -0.2) is 20.1 Å². The molecule has 0 saturated heterocycles. The maximum atomic E-state index is 13.3. The molecule has 1 aromatic heterocycles. The summed E-state index contributed by atoms with van der Waals surface area (Å²) < 4.78 is 4.22. The van der Waals surface area contributed by atoms with E-state index >= 15 is 0 Å². The molecule has 4 nitrogen and oxygen atoms in total. The fourth-order valence-electron chi connectivity index (χ4n) is 4.50. The molecule has 1 unspecified atom stereocenters. The first-order valence-corrected chi connectivity index (χ1v) is 11.5. The number of hydrogen-bond acceptors (Lipinski definition) is 5. The van der Waals surface area contributed by atoms with Crippen molar-refractivity contribution >= 4 is 34.2 Å². The maximum absolute atomic E-state index is 13.3. The number of hydrogen-bond donors (Lipinski definition) is 0. The van der Waals surface area contributed by atoms with Crippen molar-refractivity contribution in [2.45, 2.75) is 50.8 Å². The molecule has 3 aromatic rings. The van der Waals surface area contributed by atoms with Crippen molar-refractivity contribution in [1.29, 1.82) is 0 Å². The summed E-state index contributed by atoms with van der Waals surface area (Å²) in [6, 6.07) is 18.9. The number of aromatic nitrogens is 2. The number of rotatable bonds is 3. The summed E-state index contributed by atoms with van der Waals surface area (Å²) in [6.45, 7) is 8.50. The molecule has 4 rings (SSSR count). The molecule has 1 atom stereocenters. The van der Waals surface area contributed by atoms with Gasteiger partial charge >= 0.3 is 0 Å². The highest BCUT2D eigenvalue weighted by Crippen LogP contribution is 2.51. The third-order valence-electron chi connectivity index (χ3n) is 5.61. The molecule has 0 radical (unpaired) electrons. The first-order valence-electron chi connectivity index (χ1n) is 9.72. The Bertz CT molecular complexity index is 1030. The summed E-state index contributed by atoms with van der Waals surface area (Å²) in [4.78, 5) is 19.7. The van der Waals surface area contributed by atoms with E-state index in [1.807, 2.05) is 24.0 Å². The number of thioether (sulfide) groups is 1. The SMILES string of the molecule is Cc1nsc(CSC(=O)N2c3ccccc3C(C)(c3ccccc3)CC2(C)C)n1. The highest BCUT2D eigenvalue weighted by atomic mass is 32.2. The van der Waals surface area contributed by atoms with E-state index in [9.17, 15) is 4.79 Å². The summed E-state index contributed by atoms with van der Waals surface area (Å²) in [5.41, 5.74) is 3.01. The Morgan fingerprint density at radius 2 is 1.79 bits per heavy atom. The van der Waals surface area contributed by atoms with E-state index < -0.39 is 0 Å². The number of aryl methyl sites for hydroxylation is 1. The van der Waals surface area contributed by atoms with Gasteiger partial charge in [0.05, 0.1) is 5.75 Å². The van der Waals surface area contributed by atoms with Gasteiger partial charge in [0.2, 0.25) is 0 Å². The lowest BCUT2D eigenvalue weighted by Crippen LogP contribution is -2.54. The topological polar surface area (TPSA) is 46.1 Å². The summed E-state index contributed by atoms with van der Waals surface area (Å²) in [7, 11) is 0. The number of amides is 1. The Labute approximate surface area is 180 Å². The van der Waals surface area contributed by atoms with Gasteiger partial charge in [-0.1, -0.05) is 67.2 Å². The van der Waals surface area contributed by atoms with Gasteiger partial charge in [0, 0.05) is 16.6 Å². The van der Waals surface area contributed by atoms with Crippen LogP contribution >= 0.6 is 23.3 Å². The third kappa shape index (κ3) is 3.71. The predicted octanol–water partition coefficient (Wildman–Crippen LogP) is 6.19. The van der Waals surface area contributed by atoms with Crippen LogP contribution in [0.1, 0.15) is 49.2 Å². The van der Waals surface area contributed by atoms with Gasteiger partial charge in [0.25, 0.3) is 5.24 Å². The summed E-state index contributed by atoms with van der Waals surface area (Å²) in [6.07, 6.45) is 0.852. The van der Waals surface area contributed by atoms with Crippen LogP contribution in [0.2, 0.25) is 0 Å². The van der Waals surface area contributed by atoms with Gasteiger partial charge in [0.1, 0.15) is 10.8 Å². The van der Waals surface area contributed by atoms with E-state index in [2.05, 4.69) is 72.6 Å². The second-order valence-corrected chi connectivity index (χ2v) is 10.1.